The fourth-order valence-corrected chi connectivity index (χ4v) is 5.50. The van der Waals surface area contributed by atoms with Crippen LogP contribution in [0.2, 0.25) is 18.1 Å². The van der Waals surface area contributed by atoms with E-state index in [1.165, 1.54) is 18.4 Å². The van der Waals surface area contributed by atoms with E-state index in [-0.39, 0.29) is 16.2 Å². The molecule has 0 atom stereocenters. The van der Waals surface area contributed by atoms with Gasteiger partial charge in [0.15, 0.2) is 8.32 Å². The van der Waals surface area contributed by atoms with Crippen LogP contribution in [-0.4, -0.2) is 18.5 Å². The molecule has 4 nitrogen and oxygen atoms in total. The number of pyridine rings is 1. The van der Waals surface area contributed by atoms with E-state index in [4.69, 9.17) is 9.16 Å². The zero-order valence-electron chi connectivity index (χ0n) is 23.0. The minimum absolute atomic E-state index is 0.0194. The summed E-state index contributed by atoms with van der Waals surface area (Å²) in [6.07, 6.45) is 2.47. The number of hydrogen-bond acceptors (Lipinski definition) is 3. The molecule has 36 heavy (non-hydrogen) atoms. The Kier molecular flexibility index (Phi) is 7.48. The number of fused-ring (bicyclic) bond motifs is 1. The van der Waals surface area contributed by atoms with E-state index >= 15 is 0 Å². The molecular weight excluding hydrogens is 530 g/mol. The van der Waals surface area contributed by atoms with E-state index in [0.29, 0.717) is 19.1 Å². The summed E-state index contributed by atoms with van der Waals surface area (Å²) in [4.78, 5) is 14.1. The van der Waals surface area contributed by atoms with E-state index in [1.807, 2.05) is 49.6 Å². The Balaban J connectivity index is 1.87. The highest BCUT2D eigenvalue weighted by atomic mass is 79.9. The number of nitrogens with zero attached hydrogens (tertiary/aromatic N) is 1. The lowest BCUT2D eigenvalue weighted by Crippen LogP contribution is -2.40. The Bertz CT molecular complexity index is 1330. The van der Waals surface area contributed by atoms with Gasteiger partial charge in [-0.2, -0.15) is 0 Å². The van der Waals surface area contributed by atoms with Crippen LogP contribution < -0.4 is 5.56 Å². The third kappa shape index (κ3) is 5.88. The van der Waals surface area contributed by atoms with Crippen LogP contribution in [0.15, 0.2) is 51.7 Å². The van der Waals surface area contributed by atoms with E-state index in [2.05, 4.69) is 68.0 Å². The molecule has 0 saturated heterocycles. The molecular formula is C30H40BrNO3Si. The largest absolute Gasteiger partial charge is 0.412 e. The first kappa shape index (κ1) is 27.3. The second-order valence-corrected chi connectivity index (χ2v) is 18.2. The Morgan fingerprint density at radius 2 is 1.69 bits per heavy atom. The van der Waals surface area contributed by atoms with Crippen LogP contribution in [0.1, 0.15) is 77.1 Å². The number of halogens is 1. The monoisotopic (exact) mass is 569 g/mol. The van der Waals surface area contributed by atoms with Crippen molar-refractivity contribution in [3.8, 4) is 5.69 Å². The van der Waals surface area contributed by atoms with E-state index in [1.54, 1.807) is 0 Å². The molecule has 1 heterocycles. The zero-order chi connectivity index (χ0) is 26.5. The van der Waals surface area contributed by atoms with Crippen molar-refractivity contribution in [3.63, 3.8) is 0 Å². The van der Waals surface area contributed by atoms with Gasteiger partial charge >= 0.3 is 0 Å². The maximum Gasteiger partial charge on any atom is 0.263 e. The third-order valence-corrected chi connectivity index (χ3v) is 12.8. The number of aromatic nitrogens is 1. The lowest BCUT2D eigenvalue weighted by Gasteiger charge is -2.36. The van der Waals surface area contributed by atoms with Crippen molar-refractivity contribution in [1.29, 1.82) is 0 Å². The van der Waals surface area contributed by atoms with Crippen LogP contribution in [-0.2, 0) is 22.4 Å². The van der Waals surface area contributed by atoms with Crippen LogP contribution in [0.4, 0.5) is 0 Å². The number of ether oxygens (including phenoxy) is 1. The third-order valence-electron chi connectivity index (χ3n) is 7.54. The van der Waals surface area contributed by atoms with Crippen molar-refractivity contribution in [2.24, 2.45) is 0 Å². The van der Waals surface area contributed by atoms with Crippen LogP contribution >= 0.6 is 15.9 Å². The Labute approximate surface area is 225 Å². The number of rotatable bonds is 7. The zero-order valence-corrected chi connectivity index (χ0v) is 25.6. The molecule has 194 valence electrons. The molecule has 0 bridgehead atoms. The van der Waals surface area contributed by atoms with Gasteiger partial charge in [0, 0.05) is 15.4 Å². The first-order valence-corrected chi connectivity index (χ1v) is 16.6. The first-order chi connectivity index (χ1) is 16.7. The molecule has 0 spiro atoms. The first-order valence-electron chi connectivity index (χ1n) is 12.9. The average Bonchev–Trinajstić information content (AvgIpc) is 3.61. The predicted molar refractivity (Wildman–Crippen MR) is 156 cm³/mol. The molecule has 3 aromatic rings. The maximum atomic E-state index is 14.1. The molecule has 0 aliphatic heterocycles. The summed E-state index contributed by atoms with van der Waals surface area (Å²) < 4.78 is 15.6. The normalized spacial score (nSPS) is 15.0. The molecule has 6 heteroatoms. The molecule has 4 rings (SSSR count). The van der Waals surface area contributed by atoms with E-state index in [9.17, 15) is 4.79 Å². The molecule has 0 amide bonds. The highest BCUT2D eigenvalue weighted by Crippen LogP contribution is 2.41. The van der Waals surface area contributed by atoms with Crippen LogP contribution in [0.5, 0.6) is 0 Å². The van der Waals surface area contributed by atoms with Gasteiger partial charge in [-0.25, -0.2) is 0 Å². The van der Waals surface area contributed by atoms with Crippen LogP contribution in [0.3, 0.4) is 0 Å². The van der Waals surface area contributed by atoms with Crippen molar-refractivity contribution >= 4 is 35.0 Å². The van der Waals surface area contributed by atoms with Crippen molar-refractivity contribution < 1.29 is 9.16 Å². The minimum atomic E-state index is -1.99. The summed E-state index contributed by atoms with van der Waals surface area (Å²) in [5.74, 6) is 0.635. The highest BCUT2D eigenvalue weighted by Gasteiger charge is 2.37. The highest BCUT2D eigenvalue weighted by molar-refractivity contribution is 9.10. The van der Waals surface area contributed by atoms with Gasteiger partial charge in [-0.1, -0.05) is 54.9 Å². The molecule has 1 saturated carbocycles. The summed E-state index contributed by atoms with van der Waals surface area (Å²) in [6, 6.07) is 14.5. The molecule has 1 aliphatic carbocycles. The molecule has 1 fully saturated rings. The SMILES string of the molecule is CC(C)(C)OCc1cc2cc(C3CC3)ccc2c(=O)n1-c1cccc(Br)c1CO[Si](C)(C)C(C)(C)C. The summed E-state index contributed by atoms with van der Waals surface area (Å²) in [6.45, 7) is 18.1. The smallest absolute Gasteiger partial charge is 0.263 e. The van der Waals surface area contributed by atoms with Crippen molar-refractivity contribution in [2.45, 2.75) is 97.2 Å². The summed E-state index contributed by atoms with van der Waals surface area (Å²) in [5, 5.41) is 1.82. The van der Waals surface area contributed by atoms with Gasteiger partial charge in [-0.05, 0) is 92.9 Å². The second kappa shape index (κ2) is 9.86. The van der Waals surface area contributed by atoms with Crippen LogP contribution in [0, 0.1) is 0 Å². The second-order valence-electron chi connectivity index (χ2n) is 12.6. The quantitative estimate of drug-likeness (QED) is 0.268. The Morgan fingerprint density at radius 1 is 1.00 bits per heavy atom. The lowest BCUT2D eigenvalue weighted by atomic mass is 10.0. The number of hydrogen-bond donors (Lipinski definition) is 0. The fraction of sp³-hybridized carbons (Fsp3) is 0.500. The number of benzene rings is 2. The molecule has 0 N–H and O–H groups in total. The van der Waals surface area contributed by atoms with Gasteiger partial charge in [0.05, 0.1) is 30.2 Å². The van der Waals surface area contributed by atoms with E-state index in [0.717, 1.165) is 32.2 Å². The predicted octanol–water partition coefficient (Wildman–Crippen LogP) is 8.47. The molecule has 1 aliphatic rings. The van der Waals surface area contributed by atoms with Crippen LogP contribution in [0.25, 0.3) is 16.5 Å². The summed E-state index contributed by atoms with van der Waals surface area (Å²) in [7, 11) is -1.99. The van der Waals surface area contributed by atoms with Gasteiger partial charge in [0.2, 0.25) is 0 Å². The molecule has 0 unspecified atom stereocenters. The summed E-state index contributed by atoms with van der Waals surface area (Å²) in [5.41, 5.74) is 3.66. The summed E-state index contributed by atoms with van der Waals surface area (Å²) >= 11 is 3.75. The van der Waals surface area contributed by atoms with Gasteiger partial charge in [0.25, 0.3) is 5.56 Å². The maximum absolute atomic E-state index is 14.1. The standard InChI is InChI=1S/C30H40BrNO3Si/c1-29(2,3)34-18-23-17-22-16-21(20-12-13-20)14-15-24(22)28(33)32(23)27-11-9-10-26(31)25(27)19-35-36(7,8)30(4,5)6/h9-11,14-17,20H,12-13,18-19H2,1-8H3. The Morgan fingerprint density at radius 3 is 2.31 bits per heavy atom. The Hall–Kier alpha value is -1.73. The van der Waals surface area contributed by atoms with Crippen molar-refractivity contribution in [3.05, 3.63) is 74.1 Å². The molecule has 1 aromatic heterocycles. The fourth-order valence-electron chi connectivity index (χ4n) is 4.09. The lowest BCUT2D eigenvalue weighted by molar-refractivity contribution is -0.0172. The van der Waals surface area contributed by atoms with Gasteiger partial charge in [0.1, 0.15) is 0 Å². The van der Waals surface area contributed by atoms with Crippen molar-refractivity contribution in [2.75, 3.05) is 0 Å². The minimum Gasteiger partial charge on any atom is -0.412 e. The average molecular weight is 571 g/mol. The van der Waals surface area contributed by atoms with Gasteiger partial charge < -0.3 is 9.16 Å². The van der Waals surface area contributed by atoms with E-state index < -0.39 is 8.32 Å². The molecule has 0 radical (unpaired) electrons. The van der Waals surface area contributed by atoms with Gasteiger partial charge in [-0.15, -0.1) is 0 Å². The van der Waals surface area contributed by atoms with Gasteiger partial charge in [-0.3, -0.25) is 9.36 Å². The topological polar surface area (TPSA) is 40.5 Å². The molecule has 2 aromatic carbocycles. The van der Waals surface area contributed by atoms with Crippen molar-refractivity contribution in [1.82, 2.24) is 4.57 Å².